The largest absolute Gasteiger partial charge is 0.345 e. The van der Waals surface area contributed by atoms with Gasteiger partial charge in [0.2, 0.25) is 0 Å². The molecular formula is C28H22ClFN4OS. The van der Waals surface area contributed by atoms with Crippen LogP contribution in [-0.4, -0.2) is 20.7 Å². The van der Waals surface area contributed by atoms with Crippen molar-refractivity contribution in [1.82, 2.24) is 20.1 Å². The molecule has 4 aromatic carbocycles. The van der Waals surface area contributed by atoms with E-state index in [0.29, 0.717) is 27.3 Å². The number of hydrogen-bond acceptors (Lipinski definition) is 4. The number of carbonyl (C=O) groups excluding carboxylic acids is 1. The van der Waals surface area contributed by atoms with Crippen molar-refractivity contribution in [1.29, 1.82) is 0 Å². The third-order valence-corrected chi connectivity index (χ3v) is 7.07. The van der Waals surface area contributed by atoms with Crippen LogP contribution in [0, 0.1) is 12.7 Å². The van der Waals surface area contributed by atoms with Crippen LogP contribution in [0.5, 0.6) is 0 Å². The van der Waals surface area contributed by atoms with E-state index in [-0.39, 0.29) is 18.3 Å². The van der Waals surface area contributed by atoms with Gasteiger partial charge in [0.15, 0.2) is 11.0 Å². The van der Waals surface area contributed by atoms with Crippen LogP contribution in [0.2, 0.25) is 5.02 Å². The van der Waals surface area contributed by atoms with Gasteiger partial charge in [0.25, 0.3) is 5.91 Å². The average molecular weight is 517 g/mol. The lowest BCUT2D eigenvalue weighted by Gasteiger charge is -2.14. The number of thioether (sulfide) groups is 1. The Morgan fingerprint density at radius 2 is 1.78 bits per heavy atom. The van der Waals surface area contributed by atoms with E-state index in [9.17, 15) is 9.18 Å². The van der Waals surface area contributed by atoms with E-state index in [1.807, 2.05) is 72.2 Å². The molecule has 0 unspecified atom stereocenters. The molecule has 0 fully saturated rings. The molecule has 36 heavy (non-hydrogen) atoms. The second-order valence-electron chi connectivity index (χ2n) is 8.29. The zero-order valence-electron chi connectivity index (χ0n) is 19.4. The minimum atomic E-state index is -0.273. The third kappa shape index (κ3) is 5.12. The molecule has 8 heteroatoms. The van der Waals surface area contributed by atoms with Crippen LogP contribution in [0.4, 0.5) is 4.39 Å². The first kappa shape index (κ1) is 24.0. The molecule has 0 spiro atoms. The van der Waals surface area contributed by atoms with Crippen molar-refractivity contribution in [2.75, 3.05) is 0 Å². The summed E-state index contributed by atoms with van der Waals surface area (Å²) >= 11 is 7.80. The molecule has 0 aliphatic heterocycles. The highest BCUT2D eigenvalue weighted by Gasteiger charge is 2.18. The van der Waals surface area contributed by atoms with Crippen LogP contribution in [0.15, 0.2) is 90.1 Å². The van der Waals surface area contributed by atoms with Gasteiger partial charge in [-0.3, -0.25) is 9.36 Å². The lowest BCUT2D eigenvalue weighted by atomic mass is 10.0. The molecule has 0 aliphatic rings. The second-order valence-corrected chi connectivity index (χ2v) is 9.67. The van der Waals surface area contributed by atoms with Gasteiger partial charge in [0.05, 0.1) is 12.2 Å². The van der Waals surface area contributed by atoms with Gasteiger partial charge in [-0.25, -0.2) is 4.39 Å². The summed E-state index contributed by atoms with van der Waals surface area (Å²) in [5.41, 5.74) is 3.39. The predicted molar refractivity (Wildman–Crippen MR) is 142 cm³/mol. The highest BCUT2D eigenvalue weighted by atomic mass is 35.5. The fraction of sp³-hybridized carbons (Fsp3) is 0.107. The van der Waals surface area contributed by atoms with Gasteiger partial charge in [-0.2, -0.15) is 0 Å². The zero-order chi connectivity index (χ0) is 25.1. The Hall–Kier alpha value is -3.68. The standard InChI is InChI=1S/C28H22ClFN4OS/c1-18-9-12-21(29)15-25(18)34-26(32-33-28(34)36-17-19-10-13-22(30)14-11-19)16-31-27(35)24-8-4-6-20-5-2-3-7-23(20)24/h2-15H,16-17H2,1H3,(H,31,35). The number of halogens is 2. The van der Waals surface area contributed by atoms with E-state index < -0.39 is 0 Å². The van der Waals surface area contributed by atoms with Gasteiger partial charge in [0.1, 0.15) is 5.82 Å². The molecule has 0 atom stereocenters. The van der Waals surface area contributed by atoms with Gasteiger partial charge < -0.3 is 5.32 Å². The molecular weight excluding hydrogens is 495 g/mol. The van der Waals surface area contributed by atoms with Crippen LogP contribution < -0.4 is 5.32 Å². The topological polar surface area (TPSA) is 59.8 Å². The number of hydrogen-bond donors (Lipinski definition) is 1. The van der Waals surface area contributed by atoms with Crippen LogP contribution >= 0.6 is 23.4 Å². The first-order valence-electron chi connectivity index (χ1n) is 11.3. The minimum Gasteiger partial charge on any atom is -0.345 e. The van der Waals surface area contributed by atoms with Gasteiger partial charge in [-0.05, 0) is 59.2 Å². The van der Waals surface area contributed by atoms with E-state index in [2.05, 4.69) is 15.5 Å². The Morgan fingerprint density at radius 3 is 2.61 bits per heavy atom. The molecule has 5 rings (SSSR count). The quantitative estimate of drug-likeness (QED) is 0.243. The molecule has 0 aliphatic carbocycles. The second kappa shape index (κ2) is 10.5. The van der Waals surface area contributed by atoms with Gasteiger partial charge in [-0.15, -0.1) is 10.2 Å². The summed E-state index contributed by atoms with van der Waals surface area (Å²) in [6, 6.07) is 25.5. The normalized spacial score (nSPS) is 11.1. The van der Waals surface area contributed by atoms with Crippen molar-refractivity contribution in [3.8, 4) is 5.69 Å². The number of amides is 1. The molecule has 1 N–H and O–H groups in total. The molecule has 0 radical (unpaired) electrons. The maximum absolute atomic E-state index is 13.3. The van der Waals surface area contributed by atoms with E-state index in [4.69, 9.17) is 11.6 Å². The maximum Gasteiger partial charge on any atom is 0.252 e. The smallest absolute Gasteiger partial charge is 0.252 e. The number of aromatic nitrogens is 3. The molecule has 5 nitrogen and oxygen atoms in total. The Kier molecular flexibility index (Phi) is 7.02. The molecule has 180 valence electrons. The Bertz CT molecular complexity index is 1550. The van der Waals surface area contributed by atoms with Crippen LogP contribution in [0.25, 0.3) is 16.5 Å². The Balaban J connectivity index is 1.44. The van der Waals surface area contributed by atoms with Crippen LogP contribution in [0.3, 0.4) is 0 Å². The summed E-state index contributed by atoms with van der Waals surface area (Å²) in [6.07, 6.45) is 0. The fourth-order valence-electron chi connectivity index (χ4n) is 3.98. The van der Waals surface area contributed by atoms with Crippen molar-refractivity contribution < 1.29 is 9.18 Å². The van der Waals surface area contributed by atoms with E-state index in [1.165, 1.54) is 23.9 Å². The zero-order valence-corrected chi connectivity index (χ0v) is 21.0. The number of nitrogens with one attached hydrogen (secondary N) is 1. The average Bonchev–Trinajstić information content (AvgIpc) is 3.30. The molecule has 1 heterocycles. The van der Waals surface area contributed by atoms with E-state index in [0.717, 1.165) is 27.6 Å². The van der Waals surface area contributed by atoms with Crippen molar-refractivity contribution in [2.45, 2.75) is 24.4 Å². The monoisotopic (exact) mass is 516 g/mol. The molecule has 1 aromatic heterocycles. The van der Waals surface area contributed by atoms with Crippen molar-refractivity contribution in [2.24, 2.45) is 0 Å². The summed E-state index contributed by atoms with van der Waals surface area (Å²) < 4.78 is 15.2. The number of rotatable bonds is 7. The predicted octanol–water partition coefficient (Wildman–Crippen LogP) is 6.74. The van der Waals surface area contributed by atoms with Gasteiger partial charge in [0, 0.05) is 16.3 Å². The molecule has 0 saturated heterocycles. The Morgan fingerprint density at radius 1 is 1.00 bits per heavy atom. The van der Waals surface area contributed by atoms with Crippen molar-refractivity contribution in [3.63, 3.8) is 0 Å². The maximum atomic E-state index is 13.3. The summed E-state index contributed by atoms with van der Waals surface area (Å²) in [5, 5.41) is 14.9. The minimum absolute atomic E-state index is 0.179. The third-order valence-electron chi connectivity index (χ3n) is 5.83. The van der Waals surface area contributed by atoms with Crippen molar-refractivity contribution >= 4 is 40.0 Å². The number of aryl methyl sites for hydroxylation is 1. The first-order chi connectivity index (χ1) is 17.5. The van der Waals surface area contributed by atoms with Gasteiger partial charge >= 0.3 is 0 Å². The molecule has 0 saturated carbocycles. The SMILES string of the molecule is Cc1ccc(Cl)cc1-n1c(CNC(=O)c2cccc3ccccc23)nnc1SCc1ccc(F)cc1. The number of nitrogens with zero attached hydrogens (tertiary/aromatic N) is 3. The summed E-state index contributed by atoms with van der Waals surface area (Å²) in [4.78, 5) is 13.1. The van der Waals surface area contributed by atoms with Crippen LogP contribution in [-0.2, 0) is 12.3 Å². The lowest BCUT2D eigenvalue weighted by molar-refractivity contribution is 0.0951. The number of benzene rings is 4. The summed E-state index contributed by atoms with van der Waals surface area (Å²) in [7, 11) is 0. The molecule has 0 bridgehead atoms. The van der Waals surface area contributed by atoms with E-state index in [1.54, 1.807) is 12.1 Å². The van der Waals surface area contributed by atoms with E-state index >= 15 is 0 Å². The highest BCUT2D eigenvalue weighted by Crippen LogP contribution is 2.29. The summed E-state index contributed by atoms with van der Waals surface area (Å²) in [6.45, 7) is 2.16. The van der Waals surface area contributed by atoms with Gasteiger partial charge in [-0.1, -0.05) is 78.0 Å². The van der Waals surface area contributed by atoms with Crippen molar-refractivity contribution in [3.05, 3.63) is 118 Å². The first-order valence-corrected chi connectivity index (χ1v) is 12.7. The Labute approximate surface area is 217 Å². The number of carbonyl (C=O) groups is 1. The van der Waals surface area contributed by atoms with Crippen LogP contribution in [0.1, 0.15) is 27.3 Å². The number of fused-ring (bicyclic) bond motifs is 1. The molecule has 1 amide bonds. The molecule has 5 aromatic rings. The highest BCUT2D eigenvalue weighted by molar-refractivity contribution is 7.98. The summed E-state index contributed by atoms with van der Waals surface area (Å²) in [5.74, 6) is 0.700. The lowest BCUT2D eigenvalue weighted by Crippen LogP contribution is -2.25. The fourth-order valence-corrected chi connectivity index (χ4v) is 5.07.